The summed E-state index contributed by atoms with van der Waals surface area (Å²) >= 11 is 0. The molecule has 0 saturated carbocycles. The number of anilines is 1. The van der Waals surface area contributed by atoms with Crippen LogP contribution in [0.15, 0.2) is 60.7 Å². The minimum Gasteiger partial charge on any atom is -0.478 e. The second kappa shape index (κ2) is 6.91. The maximum absolute atomic E-state index is 12.9. The highest BCUT2D eigenvalue weighted by Crippen LogP contribution is 2.33. The number of amides is 2. The molecule has 0 atom stereocenters. The lowest BCUT2D eigenvalue weighted by Gasteiger charge is -2.15. The third kappa shape index (κ3) is 3.25. The molecule has 6 heteroatoms. The molecular formula is C23H17NO5. The Morgan fingerprint density at radius 1 is 0.793 bits per heavy atom. The maximum atomic E-state index is 12.9. The third-order valence-electron chi connectivity index (χ3n) is 4.94. The SMILES string of the molecule is Cc1ccc(N2C(=O)c3ccc(Oc4ccc(C(=O)O)cc4)cc3C2=O)cc1C. The first-order chi connectivity index (χ1) is 13.8. The van der Waals surface area contributed by atoms with E-state index in [4.69, 9.17) is 9.84 Å². The van der Waals surface area contributed by atoms with E-state index < -0.39 is 11.9 Å². The van der Waals surface area contributed by atoms with E-state index in [0.717, 1.165) is 11.1 Å². The van der Waals surface area contributed by atoms with Gasteiger partial charge in [0.15, 0.2) is 0 Å². The van der Waals surface area contributed by atoms with Crippen LogP contribution in [0, 0.1) is 13.8 Å². The van der Waals surface area contributed by atoms with Crippen LogP contribution in [-0.4, -0.2) is 22.9 Å². The molecule has 144 valence electrons. The maximum Gasteiger partial charge on any atom is 0.335 e. The van der Waals surface area contributed by atoms with Crippen molar-refractivity contribution in [2.24, 2.45) is 0 Å². The van der Waals surface area contributed by atoms with Gasteiger partial charge in [0.1, 0.15) is 11.5 Å². The van der Waals surface area contributed by atoms with Gasteiger partial charge >= 0.3 is 5.97 Å². The van der Waals surface area contributed by atoms with Crippen molar-refractivity contribution in [1.29, 1.82) is 0 Å². The Morgan fingerprint density at radius 3 is 2.10 bits per heavy atom. The molecule has 1 aliphatic heterocycles. The van der Waals surface area contributed by atoms with Crippen molar-refractivity contribution in [3.05, 3.63) is 88.5 Å². The number of aromatic carboxylic acids is 1. The Labute approximate surface area is 167 Å². The smallest absolute Gasteiger partial charge is 0.335 e. The zero-order valence-corrected chi connectivity index (χ0v) is 15.8. The van der Waals surface area contributed by atoms with Gasteiger partial charge in [0, 0.05) is 0 Å². The molecule has 0 unspecified atom stereocenters. The van der Waals surface area contributed by atoms with Gasteiger partial charge < -0.3 is 9.84 Å². The van der Waals surface area contributed by atoms with Crippen molar-refractivity contribution in [2.45, 2.75) is 13.8 Å². The molecule has 1 aliphatic rings. The number of hydrogen-bond acceptors (Lipinski definition) is 4. The average Bonchev–Trinajstić information content (AvgIpc) is 2.95. The number of hydrogen-bond donors (Lipinski definition) is 1. The molecule has 4 rings (SSSR count). The van der Waals surface area contributed by atoms with Crippen LogP contribution in [0.5, 0.6) is 11.5 Å². The van der Waals surface area contributed by atoms with Gasteiger partial charge in [-0.3, -0.25) is 9.59 Å². The molecule has 1 N–H and O–H groups in total. The van der Waals surface area contributed by atoms with E-state index in [0.29, 0.717) is 22.7 Å². The summed E-state index contributed by atoms with van der Waals surface area (Å²) in [6.45, 7) is 3.90. The number of carbonyl (C=O) groups excluding carboxylic acids is 2. The van der Waals surface area contributed by atoms with Gasteiger partial charge in [-0.15, -0.1) is 0 Å². The minimum atomic E-state index is -1.02. The lowest BCUT2D eigenvalue weighted by molar-refractivity contribution is 0.0696. The molecule has 6 nitrogen and oxygen atoms in total. The predicted octanol–water partition coefficient (Wildman–Crippen LogP) is 4.59. The highest BCUT2D eigenvalue weighted by molar-refractivity contribution is 6.34. The van der Waals surface area contributed by atoms with Gasteiger partial charge in [-0.1, -0.05) is 6.07 Å². The quantitative estimate of drug-likeness (QED) is 0.662. The van der Waals surface area contributed by atoms with Crippen molar-refractivity contribution in [3.63, 3.8) is 0 Å². The number of nitrogens with zero attached hydrogens (tertiary/aromatic N) is 1. The molecule has 0 aliphatic carbocycles. The Bertz CT molecular complexity index is 1160. The number of imide groups is 1. The summed E-state index contributed by atoms with van der Waals surface area (Å²) in [7, 11) is 0. The van der Waals surface area contributed by atoms with Gasteiger partial charge in [0.2, 0.25) is 0 Å². The van der Waals surface area contributed by atoms with Gasteiger partial charge in [0.25, 0.3) is 11.8 Å². The minimum absolute atomic E-state index is 0.149. The number of benzene rings is 3. The van der Waals surface area contributed by atoms with E-state index >= 15 is 0 Å². The first-order valence-electron chi connectivity index (χ1n) is 8.96. The molecule has 2 amide bonds. The Morgan fingerprint density at radius 2 is 1.45 bits per heavy atom. The van der Waals surface area contributed by atoms with Crippen LogP contribution in [-0.2, 0) is 0 Å². The van der Waals surface area contributed by atoms with Gasteiger partial charge in [0.05, 0.1) is 22.4 Å². The number of aryl methyl sites for hydroxylation is 2. The summed E-state index contributed by atoms with van der Waals surface area (Å²) in [6, 6.07) is 16.1. The molecule has 0 fully saturated rings. The Balaban J connectivity index is 1.62. The molecule has 0 bridgehead atoms. The number of rotatable bonds is 4. The van der Waals surface area contributed by atoms with E-state index in [-0.39, 0.29) is 17.0 Å². The topological polar surface area (TPSA) is 83.9 Å². The molecule has 0 saturated heterocycles. The van der Waals surface area contributed by atoms with Crippen molar-refractivity contribution in [3.8, 4) is 11.5 Å². The van der Waals surface area contributed by atoms with E-state index in [1.54, 1.807) is 18.2 Å². The molecular weight excluding hydrogens is 370 g/mol. The van der Waals surface area contributed by atoms with Crippen LogP contribution in [0.3, 0.4) is 0 Å². The van der Waals surface area contributed by atoms with Crippen molar-refractivity contribution < 1.29 is 24.2 Å². The van der Waals surface area contributed by atoms with E-state index in [1.165, 1.54) is 35.2 Å². The molecule has 0 radical (unpaired) electrons. The molecule has 0 aromatic heterocycles. The normalized spacial score (nSPS) is 12.8. The summed E-state index contributed by atoms with van der Waals surface area (Å²) in [5.41, 5.74) is 3.35. The molecule has 3 aromatic carbocycles. The van der Waals surface area contributed by atoms with Crippen LogP contribution < -0.4 is 9.64 Å². The van der Waals surface area contributed by atoms with E-state index in [2.05, 4.69) is 0 Å². The highest BCUT2D eigenvalue weighted by Gasteiger charge is 2.37. The number of carbonyl (C=O) groups is 3. The van der Waals surface area contributed by atoms with Crippen LogP contribution in [0.1, 0.15) is 42.2 Å². The summed E-state index contributed by atoms with van der Waals surface area (Å²) in [6.07, 6.45) is 0. The van der Waals surface area contributed by atoms with Gasteiger partial charge in [-0.25, -0.2) is 9.69 Å². The molecule has 1 heterocycles. The van der Waals surface area contributed by atoms with E-state index in [1.807, 2.05) is 26.0 Å². The van der Waals surface area contributed by atoms with Gasteiger partial charge in [-0.05, 0) is 79.6 Å². The fourth-order valence-corrected chi connectivity index (χ4v) is 3.18. The molecule has 29 heavy (non-hydrogen) atoms. The van der Waals surface area contributed by atoms with Crippen LogP contribution in [0.4, 0.5) is 5.69 Å². The first kappa shape index (κ1) is 18.4. The lowest BCUT2D eigenvalue weighted by atomic mass is 10.1. The standard InChI is InChI=1S/C23H17NO5/c1-13-3-6-16(11-14(13)2)24-21(25)19-10-9-18(12-20(19)22(24)26)29-17-7-4-15(5-8-17)23(27)28/h3-12H,1-2H3,(H,27,28). The zero-order valence-electron chi connectivity index (χ0n) is 15.8. The largest absolute Gasteiger partial charge is 0.478 e. The second-order valence-corrected chi connectivity index (χ2v) is 6.85. The number of carboxylic acids is 1. The Hall–Kier alpha value is -3.93. The van der Waals surface area contributed by atoms with Crippen molar-refractivity contribution in [2.75, 3.05) is 4.90 Å². The molecule has 0 spiro atoms. The summed E-state index contributed by atoms with van der Waals surface area (Å²) in [4.78, 5) is 37.8. The van der Waals surface area contributed by atoms with Crippen molar-refractivity contribution >= 4 is 23.5 Å². The zero-order chi connectivity index (χ0) is 20.7. The second-order valence-electron chi connectivity index (χ2n) is 6.85. The highest BCUT2D eigenvalue weighted by atomic mass is 16.5. The number of ether oxygens (including phenoxy) is 1. The fraction of sp³-hybridized carbons (Fsp3) is 0.0870. The summed E-state index contributed by atoms with van der Waals surface area (Å²) < 4.78 is 5.72. The van der Waals surface area contributed by atoms with Crippen LogP contribution in [0.25, 0.3) is 0 Å². The lowest BCUT2D eigenvalue weighted by Crippen LogP contribution is -2.29. The van der Waals surface area contributed by atoms with Crippen molar-refractivity contribution in [1.82, 2.24) is 0 Å². The van der Waals surface area contributed by atoms with Gasteiger partial charge in [-0.2, -0.15) is 0 Å². The fourth-order valence-electron chi connectivity index (χ4n) is 3.18. The van der Waals surface area contributed by atoms with Crippen LogP contribution in [0.2, 0.25) is 0 Å². The average molecular weight is 387 g/mol. The molecule has 3 aromatic rings. The summed E-state index contributed by atoms with van der Waals surface area (Å²) in [5, 5.41) is 8.96. The third-order valence-corrected chi connectivity index (χ3v) is 4.94. The van der Waals surface area contributed by atoms with E-state index in [9.17, 15) is 14.4 Å². The summed E-state index contributed by atoms with van der Waals surface area (Å²) in [5.74, 6) is -0.984. The number of fused-ring (bicyclic) bond motifs is 1. The predicted molar refractivity (Wildman–Crippen MR) is 107 cm³/mol. The monoisotopic (exact) mass is 387 g/mol. The number of carboxylic acid groups (broad SMARTS) is 1. The van der Waals surface area contributed by atoms with Crippen LogP contribution >= 0.6 is 0 Å². The Kier molecular flexibility index (Phi) is 4.39. The first-order valence-corrected chi connectivity index (χ1v) is 8.96.